The molecule has 2 unspecified atom stereocenters. The van der Waals surface area contributed by atoms with Crippen LogP contribution in [0, 0.1) is 18.7 Å². The summed E-state index contributed by atoms with van der Waals surface area (Å²) in [4.78, 5) is 0. The predicted octanol–water partition coefficient (Wildman–Crippen LogP) is 2.33. The van der Waals surface area contributed by atoms with E-state index in [0.717, 1.165) is 12.0 Å². The molecule has 1 aliphatic carbocycles. The van der Waals surface area contributed by atoms with E-state index < -0.39 is 0 Å². The third-order valence-electron chi connectivity index (χ3n) is 3.07. The van der Waals surface area contributed by atoms with Crippen LogP contribution in [0.5, 0.6) is 0 Å². The molecule has 1 nitrogen and oxygen atoms in total. The summed E-state index contributed by atoms with van der Waals surface area (Å²) in [6.07, 6.45) is 0.968. The van der Waals surface area contributed by atoms with Crippen molar-refractivity contribution in [2.75, 3.05) is 0 Å². The number of rotatable bonds is 1. The lowest BCUT2D eigenvalue weighted by molar-refractivity contribution is 0.602. The van der Waals surface area contributed by atoms with Gasteiger partial charge in [-0.25, -0.2) is 4.39 Å². The van der Waals surface area contributed by atoms with Crippen molar-refractivity contribution in [3.05, 3.63) is 35.1 Å². The zero-order chi connectivity index (χ0) is 9.64. The van der Waals surface area contributed by atoms with Gasteiger partial charge in [0.25, 0.3) is 0 Å². The average Bonchev–Trinajstić information content (AvgIpc) is 2.67. The number of hydrogen-bond donors (Lipinski definition) is 1. The molecule has 1 saturated carbocycles. The highest BCUT2D eigenvalue weighted by Gasteiger charge is 2.48. The van der Waals surface area contributed by atoms with E-state index in [-0.39, 0.29) is 11.4 Å². The maximum atomic E-state index is 13.2. The third kappa shape index (κ3) is 1.25. The summed E-state index contributed by atoms with van der Waals surface area (Å²) in [6.45, 7) is 3.86. The summed E-state index contributed by atoms with van der Waals surface area (Å²) in [5.74, 6) is 0.330. The van der Waals surface area contributed by atoms with Crippen molar-refractivity contribution < 1.29 is 4.39 Å². The SMILES string of the molecule is Cc1ccc(C2(N)CC2C)cc1F. The highest BCUT2D eigenvalue weighted by atomic mass is 19.1. The quantitative estimate of drug-likeness (QED) is 0.703. The van der Waals surface area contributed by atoms with Gasteiger partial charge in [0.2, 0.25) is 0 Å². The Morgan fingerprint density at radius 3 is 2.62 bits per heavy atom. The van der Waals surface area contributed by atoms with Gasteiger partial charge in [0.05, 0.1) is 0 Å². The van der Waals surface area contributed by atoms with Crippen LogP contribution in [-0.4, -0.2) is 0 Å². The monoisotopic (exact) mass is 179 g/mol. The second-order valence-electron chi connectivity index (χ2n) is 4.11. The molecular formula is C11H14FN. The molecule has 1 fully saturated rings. The summed E-state index contributed by atoms with van der Waals surface area (Å²) in [5, 5.41) is 0. The Morgan fingerprint density at radius 2 is 2.15 bits per heavy atom. The smallest absolute Gasteiger partial charge is 0.126 e. The molecule has 2 heteroatoms. The van der Waals surface area contributed by atoms with Gasteiger partial charge in [-0.1, -0.05) is 19.1 Å². The molecule has 0 radical (unpaired) electrons. The lowest BCUT2D eigenvalue weighted by Gasteiger charge is -2.11. The van der Waals surface area contributed by atoms with E-state index >= 15 is 0 Å². The Kier molecular flexibility index (Phi) is 1.70. The first-order valence-corrected chi connectivity index (χ1v) is 4.59. The Hall–Kier alpha value is -0.890. The molecule has 13 heavy (non-hydrogen) atoms. The molecule has 2 N–H and O–H groups in total. The zero-order valence-corrected chi connectivity index (χ0v) is 7.97. The van der Waals surface area contributed by atoms with E-state index in [1.807, 2.05) is 6.07 Å². The van der Waals surface area contributed by atoms with Crippen molar-refractivity contribution in [1.29, 1.82) is 0 Å². The lowest BCUT2D eigenvalue weighted by atomic mass is 10.0. The van der Waals surface area contributed by atoms with Crippen LogP contribution in [0.4, 0.5) is 4.39 Å². The normalized spacial score (nSPS) is 31.8. The van der Waals surface area contributed by atoms with E-state index in [4.69, 9.17) is 5.73 Å². The number of benzene rings is 1. The molecule has 1 aliphatic rings. The molecule has 0 spiro atoms. The first-order chi connectivity index (χ1) is 6.04. The van der Waals surface area contributed by atoms with E-state index in [9.17, 15) is 4.39 Å². The molecular weight excluding hydrogens is 165 g/mol. The van der Waals surface area contributed by atoms with Crippen LogP contribution in [0.1, 0.15) is 24.5 Å². The fourth-order valence-corrected chi connectivity index (χ4v) is 1.73. The van der Waals surface area contributed by atoms with Crippen molar-refractivity contribution in [3.8, 4) is 0 Å². The van der Waals surface area contributed by atoms with Crippen molar-refractivity contribution in [2.45, 2.75) is 25.8 Å². The van der Waals surface area contributed by atoms with Crippen LogP contribution in [0.3, 0.4) is 0 Å². The maximum Gasteiger partial charge on any atom is 0.126 e. The molecule has 0 aliphatic heterocycles. The van der Waals surface area contributed by atoms with Gasteiger partial charge in [-0.15, -0.1) is 0 Å². The van der Waals surface area contributed by atoms with Crippen LogP contribution in [-0.2, 0) is 5.54 Å². The largest absolute Gasteiger partial charge is 0.321 e. The van der Waals surface area contributed by atoms with Crippen LogP contribution in [0.2, 0.25) is 0 Å². The summed E-state index contributed by atoms with van der Waals surface area (Å²) >= 11 is 0. The van der Waals surface area contributed by atoms with Gasteiger partial charge in [-0.3, -0.25) is 0 Å². The average molecular weight is 179 g/mol. The number of halogens is 1. The molecule has 0 aromatic heterocycles. The molecule has 2 rings (SSSR count). The lowest BCUT2D eigenvalue weighted by Crippen LogP contribution is -2.21. The second-order valence-corrected chi connectivity index (χ2v) is 4.11. The standard InChI is InChI=1S/C11H14FN/c1-7-3-4-9(5-10(7)12)11(13)6-8(11)2/h3-5,8H,6,13H2,1-2H3. The number of aryl methyl sites for hydroxylation is 1. The summed E-state index contributed by atoms with van der Waals surface area (Å²) in [6, 6.07) is 5.30. The van der Waals surface area contributed by atoms with Crippen molar-refractivity contribution in [2.24, 2.45) is 11.7 Å². The summed E-state index contributed by atoms with van der Waals surface area (Å²) in [5.41, 5.74) is 7.42. The Bertz CT molecular complexity index is 348. The predicted molar refractivity (Wildman–Crippen MR) is 50.8 cm³/mol. The van der Waals surface area contributed by atoms with Gasteiger partial charge >= 0.3 is 0 Å². The molecule has 1 aromatic rings. The Morgan fingerprint density at radius 1 is 1.54 bits per heavy atom. The molecule has 2 atom stereocenters. The highest BCUT2D eigenvalue weighted by Crippen LogP contribution is 2.49. The van der Waals surface area contributed by atoms with Gasteiger partial charge in [-0.2, -0.15) is 0 Å². The topological polar surface area (TPSA) is 26.0 Å². The molecule has 0 bridgehead atoms. The molecule has 70 valence electrons. The van der Waals surface area contributed by atoms with Gasteiger partial charge in [0.15, 0.2) is 0 Å². The minimum atomic E-state index is -0.255. The first-order valence-electron chi connectivity index (χ1n) is 4.59. The fourth-order valence-electron chi connectivity index (χ4n) is 1.73. The van der Waals surface area contributed by atoms with Gasteiger partial charge < -0.3 is 5.73 Å². The highest BCUT2D eigenvalue weighted by molar-refractivity contribution is 5.34. The van der Waals surface area contributed by atoms with Crippen LogP contribution in [0.25, 0.3) is 0 Å². The summed E-state index contributed by atoms with van der Waals surface area (Å²) in [7, 11) is 0. The van der Waals surface area contributed by atoms with Crippen LogP contribution in [0.15, 0.2) is 18.2 Å². The van der Waals surface area contributed by atoms with E-state index in [1.165, 1.54) is 0 Å². The van der Waals surface area contributed by atoms with E-state index in [0.29, 0.717) is 11.5 Å². The van der Waals surface area contributed by atoms with Gasteiger partial charge in [0, 0.05) is 5.54 Å². The van der Waals surface area contributed by atoms with Crippen LogP contribution < -0.4 is 5.73 Å². The van der Waals surface area contributed by atoms with Crippen molar-refractivity contribution in [3.63, 3.8) is 0 Å². The van der Waals surface area contributed by atoms with Gasteiger partial charge in [-0.05, 0) is 36.5 Å². The second kappa shape index (κ2) is 2.55. The van der Waals surface area contributed by atoms with Gasteiger partial charge in [0.1, 0.15) is 5.82 Å². The van der Waals surface area contributed by atoms with E-state index in [1.54, 1.807) is 19.1 Å². The first kappa shape index (κ1) is 8.70. The minimum absolute atomic E-state index is 0.151. The van der Waals surface area contributed by atoms with Crippen molar-refractivity contribution >= 4 is 0 Å². The molecule has 0 amide bonds. The molecule has 0 saturated heterocycles. The fraction of sp³-hybridized carbons (Fsp3) is 0.455. The maximum absolute atomic E-state index is 13.2. The van der Waals surface area contributed by atoms with E-state index in [2.05, 4.69) is 6.92 Å². The number of hydrogen-bond acceptors (Lipinski definition) is 1. The Labute approximate surface area is 77.8 Å². The van der Waals surface area contributed by atoms with Crippen molar-refractivity contribution in [1.82, 2.24) is 0 Å². The Balaban J connectivity index is 2.38. The molecule has 1 aromatic carbocycles. The zero-order valence-electron chi connectivity index (χ0n) is 7.97. The number of nitrogens with two attached hydrogens (primary N) is 1. The summed E-state index contributed by atoms with van der Waals surface area (Å²) < 4.78 is 13.2. The third-order valence-corrected chi connectivity index (χ3v) is 3.07. The molecule has 0 heterocycles. The minimum Gasteiger partial charge on any atom is -0.321 e. The van der Waals surface area contributed by atoms with Crippen LogP contribution >= 0.6 is 0 Å².